The summed E-state index contributed by atoms with van der Waals surface area (Å²) >= 11 is 0. The first-order valence-electron chi connectivity index (χ1n) is 3.78. The van der Waals surface area contributed by atoms with Crippen molar-refractivity contribution in [1.82, 2.24) is 19.7 Å². The molecular formula is C7H9N5O. The average molecular weight is 179 g/mol. The maximum absolute atomic E-state index is 11.3. The fourth-order valence-electron chi connectivity index (χ4n) is 1.21. The molecule has 0 saturated carbocycles. The van der Waals surface area contributed by atoms with Gasteiger partial charge < -0.3 is 5.73 Å². The molecule has 6 nitrogen and oxygen atoms in total. The zero-order valence-electron chi connectivity index (χ0n) is 7.33. The molecule has 0 spiro atoms. The number of fused-ring (bicyclic) bond motifs is 1. The predicted molar refractivity (Wildman–Crippen MR) is 48.3 cm³/mol. The quantitative estimate of drug-likeness (QED) is 0.573. The number of nitrogens with one attached hydrogen (secondary N) is 1. The van der Waals surface area contributed by atoms with Gasteiger partial charge in [0.25, 0.3) is 5.56 Å². The van der Waals surface area contributed by atoms with Gasteiger partial charge in [0.05, 0.1) is 5.69 Å². The van der Waals surface area contributed by atoms with E-state index in [0.29, 0.717) is 11.0 Å². The molecule has 68 valence electrons. The van der Waals surface area contributed by atoms with Gasteiger partial charge in [0, 0.05) is 7.05 Å². The van der Waals surface area contributed by atoms with E-state index in [1.165, 1.54) is 0 Å². The minimum Gasteiger partial charge on any atom is -0.369 e. The highest BCUT2D eigenvalue weighted by Crippen LogP contribution is 2.10. The van der Waals surface area contributed by atoms with Crippen molar-refractivity contribution in [2.24, 2.45) is 7.05 Å². The van der Waals surface area contributed by atoms with Crippen LogP contribution in [0.15, 0.2) is 4.79 Å². The second kappa shape index (κ2) is 2.32. The maximum atomic E-state index is 11.3. The number of hydrogen-bond acceptors (Lipinski definition) is 4. The molecule has 2 aromatic rings. The molecule has 2 aromatic heterocycles. The van der Waals surface area contributed by atoms with Gasteiger partial charge in [-0.3, -0.25) is 14.5 Å². The van der Waals surface area contributed by atoms with Crippen LogP contribution in [0.5, 0.6) is 0 Å². The number of nitrogens with two attached hydrogens (primary N) is 1. The van der Waals surface area contributed by atoms with E-state index in [9.17, 15) is 4.79 Å². The monoisotopic (exact) mass is 179 g/mol. The molecule has 0 unspecified atom stereocenters. The third-order valence-corrected chi connectivity index (χ3v) is 1.99. The van der Waals surface area contributed by atoms with Gasteiger partial charge in [0.2, 0.25) is 5.95 Å². The van der Waals surface area contributed by atoms with Gasteiger partial charge in [-0.25, -0.2) is 4.98 Å². The van der Waals surface area contributed by atoms with E-state index in [2.05, 4.69) is 15.1 Å². The normalized spacial score (nSPS) is 10.9. The molecule has 0 atom stereocenters. The van der Waals surface area contributed by atoms with Crippen molar-refractivity contribution >= 4 is 17.0 Å². The van der Waals surface area contributed by atoms with Gasteiger partial charge in [-0.05, 0) is 6.92 Å². The second-order valence-electron chi connectivity index (χ2n) is 2.86. The van der Waals surface area contributed by atoms with E-state index in [1.54, 1.807) is 11.7 Å². The molecule has 0 fully saturated rings. The zero-order valence-corrected chi connectivity index (χ0v) is 7.33. The van der Waals surface area contributed by atoms with Crippen LogP contribution in [0, 0.1) is 6.92 Å². The third kappa shape index (κ3) is 0.986. The summed E-state index contributed by atoms with van der Waals surface area (Å²) < 4.78 is 1.60. The first-order valence-corrected chi connectivity index (χ1v) is 3.78. The summed E-state index contributed by atoms with van der Waals surface area (Å²) in [7, 11) is 1.76. The highest BCUT2D eigenvalue weighted by Gasteiger charge is 2.09. The number of aromatic nitrogens is 4. The van der Waals surface area contributed by atoms with E-state index >= 15 is 0 Å². The lowest BCUT2D eigenvalue weighted by Crippen LogP contribution is -2.11. The number of H-pyrrole nitrogens is 1. The van der Waals surface area contributed by atoms with Crippen molar-refractivity contribution in [3.05, 3.63) is 16.0 Å². The lowest BCUT2D eigenvalue weighted by Gasteiger charge is -1.92. The molecule has 0 saturated heterocycles. The van der Waals surface area contributed by atoms with Gasteiger partial charge in [0.15, 0.2) is 5.52 Å². The number of nitrogen functional groups attached to an aromatic ring is 1. The van der Waals surface area contributed by atoms with Crippen molar-refractivity contribution in [1.29, 1.82) is 0 Å². The standard InChI is InChI=1S/C7H9N5O/c1-3-4-5(11-12(3)2)6(13)10-7(8)9-4/h1-2H3,(H3,8,9,10,13). The summed E-state index contributed by atoms with van der Waals surface area (Å²) in [6.07, 6.45) is 0. The summed E-state index contributed by atoms with van der Waals surface area (Å²) in [6.45, 7) is 1.83. The van der Waals surface area contributed by atoms with Crippen LogP contribution < -0.4 is 11.3 Å². The van der Waals surface area contributed by atoms with Gasteiger partial charge >= 0.3 is 0 Å². The molecule has 0 radical (unpaired) electrons. The minimum atomic E-state index is -0.300. The fourth-order valence-corrected chi connectivity index (χ4v) is 1.21. The lowest BCUT2D eigenvalue weighted by molar-refractivity contribution is 0.749. The Bertz CT molecular complexity index is 523. The van der Waals surface area contributed by atoms with Gasteiger partial charge in [-0.2, -0.15) is 5.10 Å². The molecule has 2 rings (SSSR count). The van der Waals surface area contributed by atoms with E-state index in [-0.39, 0.29) is 11.5 Å². The molecule has 3 N–H and O–H groups in total. The summed E-state index contributed by atoms with van der Waals surface area (Å²) in [5, 5.41) is 4.01. The van der Waals surface area contributed by atoms with Crippen LogP contribution in [0.4, 0.5) is 5.95 Å². The predicted octanol–water partition coefficient (Wildman–Crippen LogP) is -0.453. The molecule has 0 bridgehead atoms. The first kappa shape index (κ1) is 7.78. The van der Waals surface area contributed by atoms with Crippen molar-refractivity contribution in [3.8, 4) is 0 Å². The van der Waals surface area contributed by atoms with E-state index in [1.807, 2.05) is 6.92 Å². The molecule has 0 aromatic carbocycles. The van der Waals surface area contributed by atoms with Crippen LogP contribution in [0.1, 0.15) is 5.69 Å². The largest absolute Gasteiger partial charge is 0.369 e. The molecule has 0 amide bonds. The Morgan fingerprint density at radius 2 is 2.15 bits per heavy atom. The topological polar surface area (TPSA) is 89.6 Å². The smallest absolute Gasteiger partial charge is 0.280 e. The number of hydrogen-bond donors (Lipinski definition) is 2. The highest BCUT2D eigenvalue weighted by atomic mass is 16.1. The van der Waals surface area contributed by atoms with Crippen LogP contribution in [0.25, 0.3) is 11.0 Å². The molecule has 0 aliphatic carbocycles. The van der Waals surface area contributed by atoms with E-state index in [0.717, 1.165) is 5.69 Å². The van der Waals surface area contributed by atoms with Crippen LogP contribution in [0.3, 0.4) is 0 Å². The number of rotatable bonds is 0. The lowest BCUT2D eigenvalue weighted by atomic mass is 10.4. The van der Waals surface area contributed by atoms with Crippen molar-refractivity contribution in [2.45, 2.75) is 6.92 Å². The summed E-state index contributed by atoms with van der Waals surface area (Å²) in [4.78, 5) is 17.7. The number of aromatic amines is 1. The summed E-state index contributed by atoms with van der Waals surface area (Å²) in [6, 6.07) is 0. The Morgan fingerprint density at radius 3 is 2.85 bits per heavy atom. The first-order chi connectivity index (χ1) is 6.09. The Balaban J connectivity index is 3.03. The van der Waals surface area contributed by atoms with Gasteiger partial charge in [0.1, 0.15) is 5.52 Å². The highest BCUT2D eigenvalue weighted by molar-refractivity contribution is 5.76. The fraction of sp³-hybridized carbons (Fsp3) is 0.286. The van der Waals surface area contributed by atoms with Gasteiger partial charge in [-0.1, -0.05) is 0 Å². The number of aryl methyl sites for hydroxylation is 2. The van der Waals surface area contributed by atoms with Crippen molar-refractivity contribution in [2.75, 3.05) is 5.73 Å². The molecule has 0 aliphatic heterocycles. The molecule has 0 aliphatic rings. The van der Waals surface area contributed by atoms with Crippen LogP contribution in [-0.4, -0.2) is 19.7 Å². The summed E-state index contributed by atoms with van der Waals surface area (Å²) in [5.74, 6) is 0.119. The van der Waals surface area contributed by atoms with Gasteiger partial charge in [-0.15, -0.1) is 0 Å². The molecule has 6 heteroatoms. The van der Waals surface area contributed by atoms with Crippen molar-refractivity contribution < 1.29 is 0 Å². The maximum Gasteiger partial charge on any atom is 0.280 e. The average Bonchev–Trinajstić information content (AvgIpc) is 2.32. The molecular weight excluding hydrogens is 170 g/mol. The second-order valence-corrected chi connectivity index (χ2v) is 2.86. The van der Waals surface area contributed by atoms with Crippen LogP contribution in [0.2, 0.25) is 0 Å². The van der Waals surface area contributed by atoms with Crippen LogP contribution >= 0.6 is 0 Å². The number of anilines is 1. The molecule has 2 heterocycles. The SMILES string of the molecule is Cc1c2nc(N)[nH]c(=O)c2nn1C. The third-order valence-electron chi connectivity index (χ3n) is 1.99. The Kier molecular flexibility index (Phi) is 1.39. The molecule has 13 heavy (non-hydrogen) atoms. The Morgan fingerprint density at radius 1 is 1.46 bits per heavy atom. The van der Waals surface area contributed by atoms with E-state index in [4.69, 9.17) is 5.73 Å². The Labute approximate surface area is 73.4 Å². The Hall–Kier alpha value is -1.85. The zero-order chi connectivity index (χ0) is 9.59. The number of nitrogens with zero attached hydrogens (tertiary/aromatic N) is 3. The minimum absolute atomic E-state index is 0.119. The van der Waals surface area contributed by atoms with Crippen LogP contribution in [-0.2, 0) is 7.05 Å². The van der Waals surface area contributed by atoms with Crippen molar-refractivity contribution in [3.63, 3.8) is 0 Å². The van der Waals surface area contributed by atoms with E-state index < -0.39 is 0 Å². The summed E-state index contributed by atoms with van der Waals surface area (Å²) in [5.41, 5.74) is 6.81.